The third kappa shape index (κ3) is 4.63. The van der Waals surface area contributed by atoms with Crippen LogP contribution in [0.3, 0.4) is 0 Å². The van der Waals surface area contributed by atoms with E-state index >= 15 is 0 Å². The Morgan fingerprint density at radius 3 is 2.02 bits per heavy atom. The topological polar surface area (TPSA) is 16.4 Å². The average Bonchev–Trinajstić information content (AvgIpc) is 3.75. The Morgan fingerprint density at radius 2 is 1.20 bits per heavy atom. The highest BCUT2D eigenvalue weighted by atomic mass is 16.3. The van der Waals surface area contributed by atoms with Crippen LogP contribution in [0.5, 0.6) is 0 Å². The summed E-state index contributed by atoms with van der Waals surface area (Å²) < 4.78 is 6.40. The standard InChI is InChI=1S/C48H42BNO/c1-3-12-31(13-4-1)33-22-25-36(26-23-33)50-43-27-24-34(32-14-5-2-6-15-32)29-42(43)49-41-19-9-7-16-38(41)40-28-35(30-44(50)48(40)49)37-18-11-21-46-47(37)39-17-8-10-20-45(39)51-46/h7-11,16-32H,1-6,12-15H2. The van der Waals surface area contributed by atoms with Crippen molar-refractivity contribution in [3.63, 3.8) is 0 Å². The number of para-hydroxylation sites is 1. The number of anilines is 3. The minimum atomic E-state index is 0.224. The van der Waals surface area contributed by atoms with Crippen molar-refractivity contribution in [2.24, 2.45) is 0 Å². The zero-order valence-corrected chi connectivity index (χ0v) is 29.2. The normalized spacial score (nSPS) is 17.2. The van der Waals surface area contributed by atoms with Crippen LogP contribution in [0.15, 0.2) is 126 Å². The average molecular weight is 660 g/mol. The molecular formula is C48H42BNO. The maximum atomic E-state index is 6.40. The molecule has 248 valence electrons. The van der Waals surface area contributed by atoms with Crippen molar-refractivity contribution in [1.82, 2.24) is 0 Å². The molecule has 2 fully saturated rings. The lowest BCUT2D eigenvalue weighted by molar-refractivity contribution is 0.443. The van der Waals surface area contributed by atoms with Crippen molar-refractivity contribution >= 4 is 62.1 Å². The lowest BCUT2D eigenvalue weighted by Crippen LogP contribution is -2.54. The molecule has 2 aliphatic heterocycles. The summed E-state index contributed by atoms with van der Waals surface area (Å²) in [5.74, 6) is 1.36. The first-order chi connectivity index (χ1) is 25.3. The molecule has 2 saturated carbocycles. The van der Waals surface area contributed by atoms with Gasteiger partial charge in [-0.15, -0.1) is 0 Å². The van der Waals surface area contributed by atoms with Gasteiger partial charge in [0.25, 0.3) is 0 Å². The molecule has 7 aromatic rings. The number of rotatable bonds is 4. The van der Waals surface area contributed by atoms with E-state index in [-0.39, 0.29) is 6.71 Å². The van der Waals surface area contributed by atoms with Crippen molar-refractivity contribution < 1.29 is 4.42 Å². The Bertz CT molecular complexity index is 2460. The van der Waals surface area contributed by atoms with Gasteiger partial charge in [-0.2, -0.15) is 0 Å². The van der Waals surface area contributed by atoms with Crippen molar-refractivity contribution in [3.8, 4) is 22.3 Å². The van der Waals surface area contributed by atoms with E-state index in [1.807, 2.05) is 0 Å². The van der Waals surface area contributed by atoms with Gasteiger partial charge in [0.2, 0.25) is 6.71 Å². The lowest BCUT2D eigenvalue weighted by Gasteiger charge is -2.37. The van der Waals surface area contributed by atoms with Crippen LogP contribution >= 0.6 is 0 Å². The molecule has 11 rings (SSSR count). The van der Waals surface area contributed by atoms with E-state index in [2.05, 4.69) is 126 Å². The largest absolute Gasteiger partial charge is 0.456 e. The molecule has 0 atom stereocenters. The zero-order valence-electron chi connectivity index (χ0n) is 29.2. The van der Waals surface area contributed by atoms with Crippen LogP contribution in [0, 0.1) is 0 Å². The minimum absolute atomic E-state index is 0.224. The molecule has 0 saturated heterocycles. The summed E-state index contributed by atoms with van der Waals surface area (Å²) >= 11 is 0. The summed E-state index contributed by atoms with van der Waals surface area (Å²) in [7, 11) is 0. The molecule has 0 amide bonds. The van der Waals surface area contributed by atoms with Gasteiger partial charge >= 0.3 is 0 Å². The van der Waals surface area contributed by atoms with Crippen molar-refractivity contribution in [2.75, 3.05) is 4.90 Å². The van der Waals surface area contributed by atoms with Crippen molar-refractivity contribution in [1.29, 1.82) is 0 Å². The van der Waals surface area contributed by atoms with Gasteiger partial charge in [-0.25, -0.2) is 0 Å². The zero-order chi connectivity index (χ0) is 33.5. The summed E-state index contributed by atoms with van der Waals surface area (Å²) in [4.78, 5) is 2.60. The second-order valence-corrected chi connectivity index (χ2v) is 15.7. The molecule has 4 aliphatic rings. The molecule has 0 unspecified atom stereocenters. The van der Waals surface area contributed by atoms with Gasteiger partial charge in [0.1, 0.15) is 11.2 Å². The van der Waals surface area contributed by atoms with Gasteiger partial charge in [0.05, 0.1) is 0 Å². The summed E-state index contributed by atoms with van der Waals surface area (Å²) in [5, 5.41) is 2.37. The van der Waals surface area contributed by atoms with Gasteiger partial charge in [-0.1, -0.05) is 123 Å². The Morgan fingerprint density at radius 1 is 0.510 bits per heavy atom. The molecule has 3 heteroatoms. The summed E-state index contributed by atoms with van der Waals surface area (Å²) in [6.45, 7) is 0.224. The first-order valence-corrected chi connectivity index (χ1v) is 19.5. The second-order valence-electron chi connectivity index (χ2n) is 15.7. The molecule has 51 heavy (non-hydrogen) atoms. The van der Waals surface area contributed by atoms with Gasteiger partial charge in [-0.05, 0) is 124 Å². The first-order valence-electron chi connectivity index (χ1n) is 19.5. The summed E-state index contributed by atoms with van der Waals surface area (Å²) in [6, 6.07) is 46.4. The van der Waals surface area contributed by atoms with Crippen LogP contribution in [0.1, 0.15) is 87.2 Å². The Balaban J connectivity index is 1.16. The fraction of sp³-hybridized carbons (Fsp3) is 0.250. The molecule has 0 spiro atoms. The van der Waals surface area contributed by atoms with Gasteiger partial charge < -0.3 is 9.32 Å². The van der Waals surface area contributed by atoms with E-state index < -0.39 is 0 Å². The van der Waals surface area contributed by atoms with Crippen LogP contribution in [0.4, 0.5) is 17.1 Å². The van der Waals surface area contributed by atoms with Crippen molar-refractivity contribution in [2.45, 2.75) is 76.0 Å². The highest BCUT2D eigenvalue weighted by molar-refractivity contribution is 7.01. The van der Waals surface area contributed by atoms with Crippen LogP contribution < -0.4 is 21.3 Å². The van der Waals surface area contributed by atoms with E-state index in [1.54, 1.807) is 0 Å². The van der Waals surface area contributed by atoms with Crippen LogP contribution in [0.25, 0.3) is 44.2 Å². The molecule has 6 aromatic carbocycles. The van der Waals surface area contributed by atoms with Crippen LogP contribution in [-0.2, 0) is 0 Å². The lowest BCUT2D eigenvalue weighted by atomic mass is 9.37. The maximum Gasteiger partial charge on any atom is 0.248 e. The number of hydrogen-bond donors (Lipinski definition) is 0. The number of hydrogen-bond acceptors (Lipinski definition) is 2. The molecule has 1 aromatic heterocycles. The first kappa shape index (κ1) is 29.7. The third-order valence-electron chi connectivity index (χ3n) is 12.9. The van der Waals surface area contributed by atoms with E-state index in [0.717, 1.165) is 11.2 Å². The quantitative estimate of drug-likeness (QED) is 0.175. The molecule has 0 radical (unpaired) electrons. The molecule has 2 nitrogen and oxygen atoms in total. The van der Waals surface area contributed by atoms with E-state index in [9.17, 15) is 0 Å². The Labute approximate surface area is 301 Å². The molecule has 3 heterocycles. The predicted molar refractivity (Wildman–Crippen MR) is 216 cm³/mol. The minimum Gasteiger partial charge on any atom is -0.456 e. The van der Waals surface area contributed by atoms with E-state index in [4.69, 9.17) is 4.42 Å². The molecule has 2 aliphatic carbocycles. The molecule has 0 N–H and O–H groups in total. The number of nitrogens with zero attached hydrogens (tertiary/aromatic N) is 1. The predicted octanol–water partition coefficient (Wildman–Crippen LogP) is 11.6. The number of furan rings is 1. The number of fused-ring (bicyclic) bond motifs is 8. The second kappa shape index (κ2) is 11.8. The Hall–Kier alpha value is -5.02. The monoisotopic (exact) mass is 659 g/mol. The van der Waals surface area contributed by atoms with Gasteiger partial charge in [0.15, 0.2) is 0 Å². The van der Waals surface area contributed by atoms with Gasteiger partial charge in [-0.3, -0.25) is 0 Å². The van der Waals surface area contributed by atoms with Crippen LogP contribution in [0.2, 0.25) is 0 Å². The van der Waals surface area contributed by atoms with Crippen molar-refractivity contribution in [3.05, 3.63) is 132 Å². The fourth-order valence-electron chi connectivity index (χ4n) is 10.4. The Kier molecular flexibility index (Phi) is 6.85. The highest BCUT2D eigenvalue weighted by Gasteiger charge is 2.43. The third-order valence-corrected chi connectivity index (χ3v) is 12.9. The van der Waals surface area contributed by atoms with E-state index in [1.165, 1.54) is 142 Å². The SMILES string of the molecule is c1ccc2c(c1)B1c3cc(C4CCCCC4)ccc3N(c3ccc(C4CCCCC4)cc3)c3cc(-c4cccc5oc6ccccc6c45)cc-2c31. The summed E-state index contributed by atoms with van der Waals surface area (Å²) in [6.07, 6.45) is 13.4. The van der Waals surface area contributed by atoms with Gasteiger partial charge in [0, 0.05) is 27.8 Å². The highest BCUT2D eigenvalue weighted by Crippen LogP contribution is 2.46. The summed E-state index contributed by atoms with van der Waals surface area (Å²) in [5.41, 5.74) is 18.3. The smallest absolute Gasteiger partial charge is 0.248 e. The molecular weight excluding hydrogens is 617 g/mol. The number of benzene rings is 6. The molecule has 0 bridgehead atoms. The fourth-order valence-corrected chi connectivity index (χ4v) is 10.4. The maximum absolute atomic E-state index is 6.40. The van der Waals surface area contributed by atoms with E-state index in [0.29, 0.717) is 11.8 Å². The van der Waals surface area contributed by atoms with Crippen LogP contribution in [-0.4, -0.2) is 6.71 Å².